The van der Waals surface area contributed by atoms with Crippen molar-refractivity contribution in [3.8, 4) is 28.4 Å². The van der Waals surface area contributed by atoms with E-state index < -0.39 is 0 Å². The van der Waals surface area contributed by atoms with Gasteiger partial charge in [0.2, 0.25) is 5.75 Å². The van der Waals surface area contributed by atoms with Crippen molar-refractivity contribution in [2.24, 2.45) is 0 Å². The molecule has 1 N–H and O–H groups in total. The number of nitrogens with zero attached hydrogens (tertiary/aromatic N) is 1. The Morgan fingerprint density at radius 1 is 1.00 bits per heavy atom. The highest BCUT2D eigenvalue weighted by Gasteiger charge is 2.37. The summed E-state index contributed by atoms with van der Waals surface area (Å²) in [7, 11) is 3.12. The van der Waals surface area contributed by atoms with Gasteiger partial charge in [0, 0.05) is 27.9 Å². The number of phenols is 1. The van der Waals surface area contributed by atoms with Gasteiger partial charge in [-0.1, -0.05) is 38.1 Å². The molecule has 0 aliphatic heterocycles. The predicted molar refractivity (Wildman–Crippen MR) is 94.1 cm³/mol. The van der Waals surface area contributed by atoms with Gasteiger partial charge in [-0.3, -0.25) is 4.98 Å². The summed E-state index contributed by atoms with van der Waals surface area (Å²) < 4.78 is 11.0. The molecule has 0 saturated carbocycles. The number of pyridine rings is 1. The third-order valence-corrected chi connectivity index (χ3v) is 4.97. The van der Waals surface area contributed by atoms with E-state index in [-0.39, 0.29) is 11.2 Å². The van der Waals surface area contributed by atoms with Crippen LogP contribution in [0.5, 0.6) is 17.2 Å². The first-order valence-corrected chi connectivity index (χ1v) is 7.88. The molecule has 0 unspecified atom stereocenters. The molecule has 0 amide bonds. The summed E-state index contributed by atoms with van der Waals surface area (Å²) in [4.78, 5) is 4.65. The van der Waals surface area contributed by atoms with Gasteiger partial charge >= 0.3 is 0 Å². The minimum absolute atomic E-state index is 0.0963. The van der Waals surface area contributed by atoms with Crippen LogP contribution in [-0.4, -0.2) is 24.3 Å². The molecule has 0 saturated heterocycles. The van der Waals surface area contributed by atoms with Gasteiger partial charge in [-0.25, -0.2) is 0 Å². The van der Waals surface area contributed by atoms with Crippen molar-refractivity contribution in [1.82, 2.24) is 4.98 Å². The van der Waals surface area contributed by atoms with E-state index >= 15 is 0 Å². The Kier molecular flexibility index (Phi) is 3.01. The zero-order valence-electron chi connectivity index (χ0n) is 14.2. The number of aromatic hydroxyl groups is 1. The first-order chi connectivity index (χ1) is 11.5. The van der Waals surface area contributed by atoms with E-state index in [2.05, 4.69) is 24.9 Å². The lowest BCUT2D eigenvalue weighted by Gasteiger charge is -2.34. The molecule has 4 heteroatoms. The molecule has 0 radical (unpaired) electrons. The minimum atomic E-state index is -0.269. The fourth-order valence-electron chi connectivity index (χ4n) is 3.87. The van der Waals surface area contributed by atoms with E-state index in [0.717, 1.165) is 33.2 Å². The maximum Gasteiger partial charge on any atom is 0.204 e. The van der Waals surface area contributed by atoms with Gasteiger partial charge in [-0.15, -0.1) is 0 Å². The lowest BCUT2D eigenvalue weighted by molar-refractivity contribution is 0.336. The van der Waals surface area contributed by atoms with Gasteiger partial charge in [-0.2, -0.15) is 0 Å². The zero-order valence-corrected chi connectivity index (χ0v) is 14.2. The average Bonchev–Trinajstić information content (AvgIpc) is 2.59. The van der Waals surface area contributed by atoms with Crippen LogP contribution in [0.3, 0.4) is 0 Å². The fraction of sp³-hybridized carbons (Fsp3) is 0.250. The number of benzene rings is 2. The van der Waals surface area contributed by atoms with E-state index in [9.17, 15) is 5.11 Å². The molecule has 0 spiro atoms. The molecule has 0 bridgehead atoms. The van der Waals surface area contributed by atoms with Crippen LogP contribution in [0.15, 0.2) is 36.5 Å². The second-order valence-electron chi connectivity index (χ2n) is 6.54. The zero-order chi connectivity index (χ0) is 17.1. The van der Waals surface area contributed by atoms with Crippen LogP contribution >= 0.6 is 0 Å². The summed E-state index contributed by atoms with van der Waals surface area (Å²) in [5.41, 5.74) is 3.58. The van der Waals surface area contributed by atoms with Crippen LogP contribution in [0.2, 0.25) is 0 Å². The Labute approximate surface area is 140 Å². The first kappa shape index (κ1) is 14.8. The van der Waals surface area contributed by atoms with Gasteiger partial charge in [0.05, 0.1) is 19.9 Å². The van der Waals surface area contributed by atoms with Crippen molar-refractivity contribution < 1.29 is 14.6 Å². The Balaban J connectivity index is 2.31. The standard InChI is InChI=1S/C20H19NO3/c1-20(2)13-8-6-5-7-11(13)14-15-12(9-10-21-19(15)20)17(23-3)18(24-4)16(14)22/h5-10,22H,1-4H3. The van der Waals surface area contributed by atoms with Crippen molar-refractivity contribution in [3.05, 3.63) is 47.8 Å². The van der Waals surface area contributed by atoms with Crippen molar-refractivity contribution in [2.45, 2.75) is 19.3 Å². The van der Waals surface area contributed by atoms with Crippen LogP contribution in [0.25, 0.3) is 21.9 Å². The molecule has 0 atom stereocenters. The molecule has 1 aromatic heterocycles. The number of ether oxygens (including phenoxy) is 2. The van der Waals surface area contributed by atoms with Crippen molar-refractivity contribution in [3.63, 3.8) is 0 Å². The number of fused-ring (bicyclic) bond motifs is 2. The third kappa shape index (κ3) is 1.65. The number of rotatable bonds is 2. The molecule has 122 valence electrons. The Bertz CT molecular complexity index is 976. The molecule has 2 aromatic carbocycles. The second kappa shape index (κ2) is 4.87. The van der Waals surface area contributed by atoms with Crippen LogP contribution in [-0.2, 0) is 5.41 Å². The second-order valence-corrected chi connectivity index (χ2v) is 6.54. The molecule has 4 nitrogen and oxygen atoms in total. The van der Waals surface area contributed by atoms with Crippen molar-refractivity contribution in [1.29, 1.82) is 0 Å². The smallest absolute Gasteiger partial charge is 0.204 e. The van der Waals surface area contributed by atoms with Gasteiger partial charge in [0.25, 0.3) is 0 Å². The van der Waals surface area contributed by atoms with E-state index in [1.165, 1.54) is 7.11 Å². The molecule has 0 fully saturated rings. The highest BCUT2D eigenvalue weighted by atomic mass is 16.5. The molecule has 24 heavy (non-hydrogen) atoms. The number of phenolic OH excluding ortho intramolecular Hbond substituents is 1. The molecule has 1 aliphatic carbocycles. The highest BCUT2D eigenvalue weighted by molar-refractivity contribution is 6.09. The SMILES string of the molecule is COc1c(O)c2c3c(nccc3c1OC)C(C)(C)c1ccccc1-2. The summed E-state index contributed by atoms with van der Waals surface area (Å²) in [5.74, 6) is 0.985. The Morgan fingerprint density at radius 2 is 1.71 bits per heavy atom. The molecular formula is C20H19NO3. The number of hydrogen-bond donors (Lipinski definition) is 1. The number of methoxy groups -OCH3 is 2. The van der Waals surface area contributed by atoms with E-state index in [4.69, 9.17) is 9.47 Å². The fourth-order valence-corrected chi connectivity index (χ4v) is 3.87. The maximum absolute atomic E-state index is 10.9. The maximum atomic E-state index is 10.9. The summed E-state index contributed by atoms with van der Waals surface area (Å²) in [5, 5.41) is 12.8. The van der Waals surface area contributed by atoms with Crippen molar-refractivity contribution >= 4 is 10.8 Å². The van der Waals surface area contributed by atoms with Crippen LogP contribution < -0.4 is 9.47 Å². The summed E-state index contributed by atoms with van der Waals surface area (Å²) in [6.45, 7) is 4.31. The molecule has 1 aliphatic rings. The lowest BCUT2D eigenvalue weighted by Crippen LogP contribution is -2.25. The molecule has 3 aromatic rings. The van der Waals surface area contributed by atoms with Gasteiger partial charge < -0.3 is 14.6 Å². The molecular weight excluding hydrogens is 302 g/mol. The summed E-state index contributed by atoms with van der Waals surface area (Å²) >= 11 is 0. The van der Waals surface area contributed by atoms with Gasteiger partial charge in [0.15, 0.2) is 11.5 Å². The predicted octanol–water partition coefficient (Wildman–Crippen LogP) is 4.26. The molecule has 1 heterocycles. The Hall–Kier alpha value is -2.75. The average molecular weight is 321 g/mol. The Morgan fingerprint density at radius 3 is 2.42 bits per heavy atom. The first-order valence-electron chi connectivity index (χ1n) is 7.88. The largest absolute Gasteiger partial charge is 0.504 e. The quantitative estimate of drug-likeness (QED) is 0.766. The normalized spacial score (nSPS) is 14.3. The topological polar surface area (TPSA) is 51.6 Å². The highest BCUT2D eigenvalue weighted by Crippen LogP contribution is 2.56. The van der Waals surface area contributed by atoms with Gasteiger partial charge in [-0.05, 0) is 17.2 Å². The number of hydrogen-bond acceptors (Lipinski definition) is 4. The minimum Gasteiger partial charge on any atom is -0.504 e. The molecule has 4 rings (SSSR count). The van der Waals surface area contributed by atoms with Gasteiger partial charge in [0.1, 0.15) is 0 Å². The van der Waals surface area contributed by atoms with Crippen LogP contribution in [0.1, 0.15) is 25.1 Å². The van der Waals surface area contributed by atoms with E-state index in [1.54, 1.807) is 13.3 Å². The van der Waals surface area contributed by atoms with E-state index in [0.29, 0.717) is 11.5 Å². The monoisotopic (exact) mass is 321 g/mol. The summed E-state index contributed by atoms with van der Waals surface area (Å²) in [6, 6.07) is 10.0. The summed E-state index contributed by atoms with van der Waals surface area (Å²) in [6.07, 6.45) is 1.79. The lowest BCUT2D eigenvalue weighted by atomic mass is 9.70. The number of aromatic nitrogens is 1. The van der Waals surface area contributed by atoms with Crippen molar-refractivity contribution in [2.75, 3.05) is 14.2 Å². The van der Waals surface area contributed by atoms with Crippen LogP contribution in [0, 0.1) is 0 Å². The van der Waals surface area contributed by atoms with E-state index in [1.807, 2.05) is 24.3 Å². The third-order valence-electron chi connectivity index (χ3n) is 4.97. The van der Waals surface area contributed by atoms with Crippen LogP contribution in [0.4, 0.5) is 0 Å².